The standard InChI is InChI=1S/C16H26O2/c1-5-13-7-8-14(6-2)15(10-13)11(3)9-16(18)12(4)17/h7-8,10-12,16-18H,5-6,9H2,1-4H3. The van der Waals surface area contributed by atoms with Crippen LogP contribution in [0.3, 0.4) is 0 Å². The molecular formula is C16H26O2. The van der Waals surface area contributed by atoms with Crippen LogP contribution in [0, 0.1) is 0 Å². The molecule has 0 saturated carbocycles. The van der Waals surface area contributed by atoms with E-state index in [9.17, 15) is 10.2 Å². The summed E-state index contributed by atoms with van der Waals surface area (Å²) in [6.07, 6.45) is 1.34. The van der Waals surface area contributed by atoms with Gasteiger partial charge in [0.2, 0.25) is 0 Å². The first-order valence-corrected chi connectivity index (χ1v) is 6.97. The van der Waals surface area contributed by atoms with Crippen molar-refractivity contribution in [1.82, 2.24) is 0 Å². The Bertz CT molecular complexity index is 371. The molecular weight excluding hydrogens is 224 g/mol. The van der Waals surface area contributed by atoms with Crippen molar-refractivity contribution < 1.29 is 10.2 Å². The van der Waals surface area contributed by atoms with Gasteiger partial charge in [-0.3, -0.25) is 0 Å². The van der Waals surface area contributed by atoms with Crippen molar-refractivity contribution in [2.45, 2.75) is 65.1 Å². The average molecular weight is 250 g/mol. The van der Waals surface area contributed by atoms with E-state index in [0.29, 0.717) is 6.42 Å². The quantitative estimate of drug-likeness (QED) is 0.814. The normalized spacial score (nSPS) is 16.3. The molecule has 1 aromatic rings. The lowest BCUT2D eigenvalue weighted by Crippen LogP contribution is -2.24. The van der Waals surface area contributed by atoms with Gasteiger partial charge in [-0.2, -0.15) is 0 Å². The second-order valence-electron chi connectivity index (χ2n) is 5.18. The van der Waals surface area contributed by atoms with Gasteiger partial charge in [0, 0.05) is 0 Å². The fraction of sp³-hybridized carbons (Fsp3) is 0.625. The molecule has 0 fully saturated rings. The molecule has 18 heavy (non-hydrogen) atoms. The van der Waals surface area contributed by atoms with E-state index in [0.717, 1.165) is 12.8 Å². The van der Waals surface area contributed by atoms with Crippen molar-refractivity contribution in [1.29, 1.82) is 0 Å². The van der Waals surface area contributed by atoms with Crippen LogP contribution in [0.5, 0.6) is 0 Å². The summed E-state index contributed by atoms with van der Waals surface area (Å²) in [5.74, 6) is 0.274. The highest BCUT2D eigenvalue weighted by Crippen LogP contribution is 2.27. The zero-order valence-electron chi connectivity index (χ0n) is 12.0. The minimum atomic E-state index is -0.660. The second-order valence-corrected chi connectivity index (χ2v) is 5.18. The molecule has 3 atom stereocenters. The molecule has 0 amide bonds. The maximum absolute atomic E-state index is 9.80. The summed E-state index contributed by atoms with van der Waals surface area (Å²) in [5, 5.41) is 19.2. The molecule has 1 rings (SSSR count). The van der Waals surface area contributed by atoms with Crippen molar-refractivity contribution in [3.63, 3.8) is 0 Å². The van der Waals surface area contributed by atoms with E-state index in [1.807, 2.05) is 0 Å². The number of rotatable bonds is 6. The Morgan fingerprint density at radius 1 is 1.06 bits per heavy atom. The SMILES string of the molecule is CCc1ccc(CC)c(C(C)CC(O)C(C)O)c1. The first kappa shape index (κ1) is 15.2. The van der Waals surface area contributed by atoms with Crippen LogP contribution in [0.25, 0.3) is 0 Å². The Morgan fingerprint density at radius 2 is 1.72 bits per heavy atom. The van der Waals surface area contributed by atoms with E-state index < -0.39 is 12.2 Å². The number of hydrogen-bond donors (Lipinski definition) is 2. The van der Waals surface area contributed by atoms with Crippen LogP contribution in [0.15, 0.2) is 18.2 Å². The van der Waals surface area contributed by atoms with Crippen molar-refractivity contribution >= 4 is 0 Å². The Hall–Kier alpha value is -0.860. The molecule has 0 aliphatic heterocycles. The number of aryl methyl sites for hydroxylation is 2. The zero-order valence-corrected chi connectivity index (χ0v) is 12.0. The Kier molecular flexibility index (Phi) is 5.83. The highest BCUT2D eigenvalue weighted by molar-refractivity contribution is 5.34. The largest absolute Gasteiger partial charge is 0.391 e. The predicted molar refractivity (Wildman–Crippen MR) is 75.9 cm³/mol. The molecule has 0 aliphatic rings. The topological polar surface area (TPSA) is 40.5 Å². The van der Waals surface area contributed by atoms with E-state index in [1.54, 1.807) is 6.92 Å². The number of hydrogen-bond acceptors (Lipinski definition) is 2. The number of aliphatic hydroxyl groups is 2. The Labute approximate surface area is 111 Å². The van der Waals surface area contributed by atoms with Crippen LogP contribution in [-0.2, 0) is 12.8 Å². The van der Waals surface area contributed by atoms with Gasteiger partial charge in [-0.1, -0.05) is 39.0 Å². The Balaban J connectivity index is 2.91. The van der Waals surface area contributed by atoms with Crippen LogP contribution in [0.2, 0.25) is 0 Å². The summed E-state index contributed by atoms with van der Waals surface area (Å²) in [4.78, 5) is 0. The van der Waals surface area contributed by atoms with Gasteiger partial charge in [0.1, 0.15) is 0 Å². The molecule has 0 spiro atoms. The predicted octanol–water partition coefficient (Wildman–Crippen LogP) is 3.05. The molecule has 0 saturated heterocycles. The smallest absolute Gasteiger partial charge is 0.0802 e. The minimum Gasteiger partial charge on any atom is -0.391 e. The lowest BCUT2D eigenvalue weighted by atomic mass is 9.87. The molecule has 2 nitrogen and oxygen atoms in total. The van der Waals surface area contributed by atoms with Gasteiger partial charge >= 0.3 is 0 Å². The van der Waals surface area contributed by atoms with Crippen LogP contribution in [0.1, 0.15) is 56.7 Å². The summed E-state index contributed by atoms with van der Waals surface area (Å²) < 4.78 is 0. The second kappa shape index (κ2) is 6.91. The van der Waals surface area contributed by atoms with Gasteiger partial charge in [0.15, 0.2) is 0 Å². The third-order valence-electron chi connectivity index (χ3n) is 3.68. The summed E-state index contributed by atoms with van der Waals surface area (Å²) in [6.45, 7) is 8.07. The first-order chi connectivity index (χ1) is 8.49. The lowest BCUT2D eigenvalue weighted by Gasteiger charge is -2.21. The van der Waals surface area contributed by atoms with Crippen molar-refractivity contribution in [3.8, 4) is 0 Å². The van der Waals surface area contributed by atoms with E-state index in [-0.39, 0.29) is 5.92 Å². The summed E-state index contributed by atoms with van der Waals surface area (Å²) in [6, 6.07) is 6.62. The Morgan fingerprint density at radius 3 is 2.22 bits per heavy atom. The molecule has 2 N–H and O–H groups in total. The molecule has 1 aromatic carbocycles. The maximum Gasteiger partial charge on any atom is 0.0802 e. The lowest BCUT2D eigenvalue weighted by molar-refractivity contribution is 0.0227. The molecule has 0 aliphatic carbocycles. The molecule has 3 unspecified atom stereocenters. The summed E-state index contributed by atoms with van der Waals surface area (Å²) in [5.41, 5.74) is 4.00. The van der Waals surface area contributed by atoms with Crippen molar-refractivity contribution in [3.05, 3.63) is 34.9 Å². The van der Waals surface area contributed by atoms with Gasteiger partial charge in [-0.25, -0.2) is 0 Å². The summed E-state index contributed by atoms with van der Waals surface area (Å²) in [7, 11) is 0. The van der Waals surface area contributed by atoms with Crippen molar-refractivity contribution in [2.24, 2.45) is 0 Å². The first-order valence-electron chi connectivity index (χ1n) is 6.97. The van der Waals surface area contributed by atoms with Gasteiger partial charge in [0.05, 0.1) is 12.2 Å². The fourth-order valence-corrected chi connectivity index (χ4v) is 2.33. The number of aliphatic hydroxyl groups excluding tert-OH is 2. The van der Waals surface area contributed by atoms with E-state index in [1.165, 1.54) is 16.7 Å². The van der Waals surface area contributed by atoms with Crippen LogP contribution < -0.4 is 0 Å². The van der Waals surface area contributed by atoms with Crippen LogP contribution in [-0.4, -0.2) is 22.4 Å². The van der Waals surface area contributed by atoms with Gasteiger partial charge < -0.3 is 10.2 Å². The maximum atomic E-state index is 9.80. The number of benzene rings is 1. The molecule has 0 bridgehead atoms. The zero-order chi connectivity index (χ0) is 13.7. The van der Waals surface area contributed by atoms with Crippen LogP contribution in [0.4, 0.5) is 0 Å². The molecule has 0 heterocycles. The van der Waals surface area contributed by atoms with Gasteiger partial charge in [-0.05, 0) is 48.8 Å². The highest BCUT2D eigenvalue weighted by Gasteiger charge is 2.18. The molecule has 102 valence electrons. The third-order valence-corrected chi connectivity index (χ3v) is 3.68. The van der Waals surface area contributed by atoms with E-state index in [4.69, 9.17) is 0 Å². The van der Waals surface area contributed by atoms with E-state index in [2.05, 4.69) is 39.0 Å². The molecule has 0 aromatic heterocycles. The fourth-order valence-electron chi connectivity index (χ4n) is 2.33. The van der Waals surface area contributed by atoms with Gasteiger partial charge in [-0.15, -0.1) is 0 Å². The van der Waals surface area contributed by atoms with Crippen molar-refractivity contribution in [2.75, 3.05) is 0 Å². The molecule has 0 radical (unpaired) electrons. The summed E-state index contributed by atoms with van der Waals surface area (Å²) >= 11 is 0. The van der Waals surface area contributed by atoms with Crippen LogP contribution >= 0.6 is 0 Å². The van der Waals surface area contributed by atoms with E-state index >= 15 is 0 Å². The third kappa shape index (κ3) is 3.82. The molecule has 2 heteroatoms. The average Bonchev–Trinajstić information content (AvgIpc) is 2.37. The minimum absolute atomic E-state index is 0.274. The monoisotopic (exact) mass is 250 g/mol. The van der Waals surface area contributed by atoms with Gasteiger partial charge in [0.25, 0.3) is 0 Å². The highest BCUT2D eigenvalue weighted by atomic mass is 16.3.